The maximum atomic E-state index is 12.9. The lowest BCUT2D eigenvalue weighted by Gasteiger charge is -2.16. The number of pyridine rings is 1. The van der Waals surface area contributed by atoms with Gasteiger partial charge < -0.3 is 10.2 Å². The van der Waals surface area contributed by atoms with Gasteiger partial charge in [0, 0.05) is 38.1 Å². The minimum Gasteiger partial charge on any atom is -0.362 e. The van der Waals surface area contributed by atoms with Crippen molar-refractivity contribution in [1.82, 2.24) is 10.3 Å². The Hall–Kier alpha value is -3.10. The fraction of sp³-hybridized carbons (Fsp3) is 0.217. The number of aromatic nitrogens is 1. The lowest BCUT2D eigenvalue weighted by Crippen LogP contribution is -2.25. The van der Waals surface area contributed by atoms with Gasteiger partial charge in [-0.2, -0.15) is 0 Å². The Bertz CT molecular complexity index is 1260. The first-order valence-electron chi connectivity index (χ1n) is 9.87. The number of amides is 1. The van der Waals surface area contributed by atoms with Gasteiger partial charge in [-0.1, -0.05) is 23.7 Å². The van der Waals surface area contributed by atoms with Crippen LogP contribution in [-0.2, 0) is 16.6 Å². The molecule has 1 aromatic heterocycles. The Balaban J connectivity index is 1.81. The number of hydrogen-bond acceptors (Lipinski definition) is 5. The van der Waals surface area contributed by atoms with E-state index in [4.69, 9.17) is 11.6 Å². The van der Waals surface area contributed by atoms with Gasteiger partial charge in [-0.05, 0) is 61.4 Å². The summed E-state index contributed by atoms with van der Waals surface area (Å²) in [5, 5.41) is 2.95. The van der Waals surface area contributed by atoms with E-state index in [2.05, 4.69) is 15.0 Å². The van der Waals surface area contributed by atoms with E-state index in [1.54, 1.807) is 24.4 Å². The fourth-order valence-electron chi connectivity index (χ4n) is 3.11. The third-order valence-electron chi connectivity index (χ3n) is 4.98. The molecule has 0 fully saturated rings. The zero-order valence-electron chi connectivity index (χ0n) is 18.3. The monoisotopic (exact) mass is 472 g/mol. The lowest BCUT2D eigenvalue weighted by molar-refractivity contribution is 0.0951. The van der Waals surface area contributed by atoms with Crippen molar-refractivity contribution >= 4 is 39.0 Å². The highest BCUT2D eigenvalue weighted by Crippen LogP contribution is 2.24. The van der Waals surface area contributed by atoms with Crippen LogP contribution in [0.25, 0.3) is 0 Å². The molecule has 3 aromatic rings. The molecule has 0 aliphatic carbocycles. The van der Waals surface area contributed by atoms with Gasteiger partial charge in [0.05, 0.1) is 15.5 Å². The molecule has 0 spiro atoms. The van der Waals surface area contributed by atoms with Crippen LogP contribution in [0.3, 0.4) is 0 Å². The number of nitrogens with one attached hydrogen (secondary N) is 2. The Morgan fingerprint density at radius 3 is 2.50 bits per heavy atom. The average Bonchev–Trinajstić information content (AvgIpc) is 2.74. The van der Waals surface area contributed by atoms with Crippen LogP contribution in [-0.4, -0.2) is 33.4 Å². The molecule has 32 heavy (non-hydrogen) atoms. The number of halogens is 1. The predicted molar refractivity (Wildman–Crippen MR) is 128 cm³/mol. The van der Waals surface area contributed by atoms with E-state index in [0.717, 1.165) is 22.5 Å². The van der Waals surface area contributed by atoms with Crippen LogP contribution in [0.4, 0.5) is 11.5 Å². The molecule has 1 heterocycles. The molecule has 0 aliphatic rings. The van der Waals surface area contributed by atoms with Gasteiger partial charge in [0.1, 0.15) is 5.82 Å². The van der Waals surface area contributed by atoms with Gasteiger partial charge in [-0.15, -0.1) is 0 Å². The molecule has 0 aliphatic heterocycles. The molecule has 0 radical (unpaired) electrons. The van der Waals surface area contributed by atoms with Crippen molar-refractivity contribution in [3.8, 4) is 0 Å². The maximum Gasteiger partial charge on any atom is 0.261 e. The molecule has 2 aromatic carbocycles. The number of nitrogens with zero attached hydrogens (tertiary/aromatic N) is 2. The van der Waals surface area contributed by atoms with E-state index in [9.17, 15) is 13.2 Å². The third kappa shape index (κ3) is 5.38. The Kier molecular flexibility index (Phi) is 7.06. The van der Waals surface area contributed by atoms with Crippen molar-refractivity contribution in [3.05, 3.63) is 82.0 Å². The summed E-state index contributed by atoms with van der Waals surface area (Å²) in [7, 11) is -0.181. The summed E-state index contributed by atoms with van der Waals surface area (Å²) in [4.78, 5) is 18.9. The zero-order valence-corrected chi connectivity index (χ0v) is 19.9. The maximum absolute atomic E-state index is 12.9. The number of rotatable bonds is 7. The Morgan fingerprint density at radius 2 is 1.81 bits per heavy atom. The minimum atomic E-state index is -3.91. The van der Waals surface area contributed by atoms with E-state index in [1.165, 1.54) is 18.2 Å². The highest BCUT2D eigenvalue weighted by Gasteiger charge is 2.19. The van der Waals surface area contributed by atoms with Crippen LogP contribution in [0.5, 0.6) is 0 Å². The first-order valence-corrected chi connectivity index (χ1v) is 11.7. The smallest absolute Gasteiger partial charge is 0.261 e. The van der Waals surface area contributed by atoms with Crippen molar-refractivity contribution in [2.75, 3.05) is 23.7 Å². The Labute approximate surface area is 193 Å². The van der Waals surface area contributed by atoms with Crippen LogP contribution in [0.15, 0.2) is 59.6 Å². The molecule has 7 nitrogen and oxygen atoms in total. The van der Waals surface area contributed by atoms with E-state index >= 15 is 0 Å². The topological polar surface area (TPSA) is 91.4 Å². The van der Waals surface area contributed by atoms with Crippen LogP contribution in [0.2, 0.25) is 5.02 Å². The number of carbonyl (C=O) groups excluding carboxylic acids is 1. The molecule has 168 valence electrons. The van der Waals surface area contributed by atoms with Crippen LogP contribution >= 0.6 is 11.6 Å². The molecule has 0 atom stereocenters. The molecular formula is C23H25ClN4O3S. The van der Waals surface area contributed by atoms with Crippen molar-refractivity contribution in [2.45, 2.75) is 25.3 Å². The molecule has 0 saturated carbocycles. The quantitative estimate of drug-likeness (QED) is 0.539. The van der Waals surface area contributed by atoms with Crippen molar-refractivity contribution in [3.63, 3.8) is 0 Å². The molecule has 2 N–H and O–H groups in total. The van der Waals surface area contributed by atoms with Gasteiger partial charge in [0.2, 0.25) is 0 Å². The Morgan fingerprint density at radius 1 is 1.06 bits per heavy atom. The highest BCUT2D eigenvalue weighted by atomic mass is 35.5. The van der Waals surface area contributed by atoms with Gasteiger partial charge in [0.15, 0.2) is 0 Å². The van der Waals surface area contributed by atoms with Crippen molar-refractivity contribution in [1.29, 1.82) is 0 Å². The number of sulfonamides is 1. The van der Waals surface area contributed by atoms with Crippen LogP contribution in [0.1, 0.15) is 27.0 Å². The van der Waals surface area contributed by atoms with Gasteiger partial charge in [-0.25, -0.2) is 13.4 Å². The summed E-state index contributed by atoms with van der Waals surface area (Å²) in [6.45, 7) is 4.07. The SMILES string of the molecule is Cc1ccc(NS(=O)(=O)c2ccc(Cl)c(C(=O)NCc3cccnc3N(C)C)c2)cc1C. The number of benzene rings is 2. The van der Waals surface area contributed by atoms with E-state index in [-0.39, 0.29) is 22.0 Å². The first kappa shape index (κ1) is 23.6. The second-order valence-corrected chi connectivity index (χ2v) is 9.70. The first-order chi connectivity index (χ1) is 15.1. The second kappa shape index (κ2) is 9.58. The molecular weight excluding hydrogens is 448 g/mol. The summed E-state index contributed by atoms with van der Waals surface area (Å²) in [6, 6.07) is 13.0. The van der Waals surface area contributed by atoms with Crippen molar-refractivity contribution < 1.29 is 13.2 Å². The summed E-state index contributed by atoms with van der Waals surface area (Å²) in [6.07, 6.45) is 1.67. The largest absolute Gasteiger partial charge is 0.362 e. The highest BCUT2D eigenvalue weighted by molar-refractivity contribution is 7.92. The average molecular weight is 473 g/mol. The number of hydrogen-bond donors (Lipinski definition) is 2. The molecule has 3 rings (SSSR count). The van der Waals surface area contributed by atoms with Crippen molar-refractivity contribution in [2.24, 2.45) is 0 Å². The van der Waals surface area contributed by atoms with Gasteiger partial charge >= 0.3 is 0 Å². The molecule has 0 saturated heterocycles. The lowest BCUT2D eigenvalue weighted by atomic mass is 10.1. The van der Waals surface area contributed by atoms with E-state index < -0.39 is 15.9 Å². The van der Waals surface area contributed by atoms with Crippen LogP contribution in [0, 0.1) is 13.8 Å². The summed E-state index contributed by atoms with van der Waals surface area (Å²) in [5.74, 6) is 0.250. The fourth-order valence-corrected chi connectivity index (χ4v) is 4.38. The van der Waals surface area contributed by atoms with E-state index in [0.29, 0.717) is 5.69 Å². The normalized spacial score (nSPS) is 11.2. The molecule has 1 amide bonds. The summed E-state index contributed by atoms with van der Waals surface area (Å²) >= 11 is 6.21. The summed E-state index contributed by atoms with van der Waals surface area (Å²) in [5.41, 5.74) is 3.37. The molecule has 0 unspecified atom stereocenters. The molecule has 0 bridgehead atoms. The summed E-state index contributed by atoms with van der Waals surface area (Å²) < 4.78 is 28.3. The number of aryl methyl sites for hydroxylation is 2. The zero-order chi connectivity index (χ0) is 23.5. The minimum absolute atomic E-state index is 0.0550. The van der Waals surface area contributed by atoms with E-state index in [1.807, 2.05) is 45.0 Å². The van der Waals surface area contributed by atoms with Crippen LogP contribution < -0.4 is 14.9 Å². The second-order valence-electron chi connectivity index (χ2n) is 7.61. The van der Waals surface area contributed by atoms with Gasteiger partial charge in [-0.3, -0.25) is 9.52 Å². The number of carbonyl (C=O) groups is 1. The standard InChI is InChI=1S/C23H25ClN4O3S/c1-15-7-8-18(12-16(15)2)27-32(30,31)19-9-10-21(24)20(13-19)23(29)26-14-17-6-5-11-25-22(17)28(3)4/h5-13,27H,14H2,1-4H3,(H,26,29). The number of anilines is 2. The molecule has 9 heteroatoms. The predicted octanol–water partition coefficient (Wildman–Crippen LogP) is 4.15. The third-order valence-corrected chi connectivity index (χ3v) is 6.69. The van der Waals surface area contributed by atoms with Gasteiger partial charge in [0.25, 0.3) is 15.9 Å².